The fourth-order valence-electron chi connectivity index (χ4n) is 2.08. The molecule has 0 saturated heterocycles. The molecule has 1 aromatic heterocycles. The largest absolute Gasteiger partial charge is 0.476 e. The first kappa shape index (κ1) is 14.2. The standard InChI is InChI=1S/C15H9ClFN3O2/c16-11-8-10(6-7-12(11)17)20-14(9-4-2-1-3-5-9)13(15(21)22)18-19-20/h1-8H,(H,21,22). The Labute approximate surface area is 129 Å². The average molecular weight is 318 g/mol. The Morgan fingerprint density at radius 2 is 1.91 bits per heavy atom. The molecule has 0 aliphatic heterocycles. The van der Waals surface area contributed by atoms with Crippen molar-refractivity contribution >= 4 is 17.6 Å². The molecule has 22 heavy (non-hydrogen) atoms. The summed E-state index contributed by atoms with van der Waals surface area (Å²) in [5, 5.41) is 16.8. The van der Waals surface area contributed by atoms with E-state index in [4.69, 9.17) is 11.6 Å². The summed E-state index contributed by atoms with van der Waals surface area (Å²) >= 11 is 5.78. The van der Waals surface area contributed by atoms with Crippen molar-refractivity contribution < 1.29 is 14.3 Å². The molecule has 0 aliphatic rings. The van der Waals surface area contributed by atoms with Gasteiger partial charge in [0, 0.05) is 5.56 Å². The minimum Gasteiger partial charge on any atom is -0.476 e. The summed E-state index contributed by atoms with van der Waals surface area (Å²) in [6.45, 7) is 0. The second kappa shape index (κ2) is 5.57. The molecule has 0 amide bonds. The molecule has 1 heterocycles. The van der Waals surface area contributed by atoms with Gasteiger partial charge in [0.15, 0.2) is 5.69 Å². The fraction of sp³-hybridized carbons (Fsp3) is 0. The topological polar surface area (TPSA) is 68.0 Å². The normalized spacial score (nSPS) is 10.6. The predicted molar refractivity (Wildman–Crippen MR) is 78.7 cm³/mol. The van der Waals surface area contributed by atoms with Gasteiger partial charge in [-0.3, -0.25) is 0 Å². The number of nitrogens with zero attached hydrogens (tertiary/aromatic N) is 3. The monoisotopic (exact) mass is 317 g/mol. The van der Waals surface area contributed by atoms with E-state index in [0.29, 0.717) is 16.9 Å². The van der Waals surface area contributed by atoms with E-state index in [1.54, 1.807) is 24.3 Å². The van der Waals surface area contributed by atoms with E-state index >= 15 is 0 Å². The zero-order valence-electron chi connectivity index (χ0n) is 11.1. The number of carbonyl (C=O) groups is 1. The number of aromatic carboxylic acids is 1. The molecule has 7 heteroatoms. The number of carboxylic acid groups (broad SMARTS) is 1. The second-order valence-electron chi connectivity index (χ2n) is 4.47. The summed E-state index contributed by atoms with van der Waals surface area (Å²) in [4.78, 5) is 11.4. The van der Waals surface area contributed by atoms with E-state index < -0.39 is 11.8 Å². The molecular weight excluding hydrogens is 309 g/mol. The van der Waals surface area contributed by atoms with Gasteiger partial charge in [-0.15, -0.1) is 5.10 Å². The van der Waals surface area contributed by atoms with Crippen LogP contribution in [0.4, 0.5) is 4.39 Å². The SMILES string of the molecule is O=C(O)c1nnn(-c2ccc(F)c(Cl)c2)c1-c1ccccc1. The summed E-state index contributed by atoms with van der Waals surface area (Å²) in [7, 11) is 0. The first-order valence-corrected chi connectivity index (χ1v) is 6.65. The van der Waals surface area contributed by atoms with Crippen molar-refractivity contribution in [2.75, 3.05) is 0 Å². The van der Waals surface area contributed by atoms with Crippen molar-refractivity contribution in [2.45, 2.75) is 0 Å². The fourth-order valence-corrected chi connectivity index (χ4v) is 2.25. The quantitative estimate of drug-likeness (QED) is 0.803. The molecule has 5 nitrogen and oxygen atoms in total. The Morgan fingerprint density at radius 3 is 2.55 bits per heavy atom. The summed E-state index contributed by atoms with van der Waals surface area (Å²) in [5.74, 6) is -1.76. The number of carboxylic acids is 1. The highest BCUT2D eigenvalue weighted by atomic mass is 35.5. The summed E-state index contributed by atoms with van der Waals surface area (Å²) in [6, 6.07) is 12.9. The van der Waals surface area contributed by atoms with Gasteiger partial charge in [-0.25, -0.2) is 13.9 Å². The number of aromatic nitrogens is 3. The molecule has 0 fully saturated rings. The van der Waals surface area contributed by atoms with E-state index in [9.17, 15) is 14.3 Å². The summed E-state index contributed by atoms with van der Waals surface area (Å²) < 4.78 is 14.6. The van der Waals surface area contributed by atoms with Gasteiger partial charge >= 0.3 is 5.97 Å². The maximum absolute atomic E-state index is 13.3. The van der Waals surface area contributed by atoms with Crippen LogP contribution in [0.2, 0.25) is 5.02 Å². The number of benzene rings is 2. The third kappa shape index (κ3) is 2.44. The Balaban J connectivity index is 2.24. The van der Waals surface area contributed by atoms with E-state index in [0.717, 1.165) is 0 Å². The van der Waals surface area contributed by atoms with Crippen molar-refractivity contribution in [1.82, 2.24) is 15.0 Å². The zero-order valence-corrected chi connectivity index (χ0v) is 11.8. The Bertz CT molecular complexity index is 849. The van der Waals surface area contributed by atoms with Crippen LogP contribution in [-0.2, 0) is 0 Å². The first-order chi connectivity index (χ1) is 10.6. The van der Waals surface area contributed by atoms with E-state index in [1.165, 1.54) is 22.9 Å². The zero-order chi connectivity index (χ0) is 15.7. The molecule has 0 bridgehead atoms. The lowest BCUT2D eigenvalue weighted by Gasteiger charge is -2.08. The second-order valence-corrected chi connectivity index (χ2v) is 4.88. The highest BCUT2D eigenvalue weighted by Gasteiger charge is 2.21. The van der Waals surface area contributed by atoms with Crippen LogP contribution in [0, 0.1) is 5.82 Å². The van der Waals surface area contributed by atoms with Crippen LogP contribution in [0.1, 0.15) is 10.5 Å². The Morgan fingerprint density at radius 1 is 1.18 bits per heavy atom. The van der Waals surface area contributed by atoms with E-state index in [1.807, 2.05) is 6.07 Å². The number of halogens is 2. The predicted octanol–water partition coefficient (Wildman–Crippen LogP) is 3.43. The van der Waals surface area contributed by atoms with Crippen molar-refractivity contribution in [2.24, 2.45) is 0 Å². The maximum atomic E-state index is 13.3. The van der Waals surface area contributed by atoms with Gasteiger partial charge in [0.1, 0.15) is 11.5 Å². The molecule has 0 spiro atoms. The summed E-state index contributed by atoms with van der Waals surface area (Å²) in [6.07, 6.45) is 0. The van der Waals surface area contributed by atoms with Crippen molar-refractivity contribution in [3.63, 3.8) is 0 Å². The molecule has 3 aromatic rings. The first-order valence-electron chi connectivity index (χ1n) is 6.28. The third-order valence-electron chi connectivity index (χ3n) is 3.07. The van der Waals surface area contributed by atoms with Crippen LogP contribution in [-0.4, -0.2) is 26.1 Å². The van der Waals surface area contributed by atoms with E-state index in [2.05, 4.69) is 10.3 Å². The molecule has 110 valence electrons. The lowest BCUT2D eigenvalue weighted by molar-refractivity contribution is 0.0691. The van der Waals surface area contributed by atoms with E-state index in [-0.39, 0.29) is 10.7 Å². The molecule has 0 unspecified atom stereocenters. The van der Waals surface area contributed by atoms with Crippen LogP contribution >= 0.6 is 11.6 Å². The van der Waals surface area contributed by atoms with Gasteiger partial charge < -0.3 is 5.11 Å². The molecular formula is C15H9ClFN3O2. The Kier molecular flexibility index (Phi) is 3.60. The van der Waals surface area contributed by atoms with Gasteiger partial charge in [0.2, 0.25) is 0 Å². The third-order valence-corrected chi connectivity index (χ3v) is 3.36. The van der Waals surface area contributed by atoms with Crippen molar-refractivity contribution in [3.05, 3.63) is 65.1 Å². The molecule has 2 aromatic carbocycles. The van der Waals surface area contributed by atoms with Gasteiger partial charge in [0.05, 0.1) is 10.7 Å². The molecule has 0 atom stereocenters. The Hall–Kier alpha value is -2.73. The van der Waals surface area contributed by atoms with Gasteiger partial charge in [-0.05, 0) is 18.2 Å². The minimum atomic E-state index is -1.20. The smallest absolute Gasteiger partial charge is 0.358 e. The van der Waals surface area contributed by atoms with Gasteiger partial charge in [-0.2, -0.15) is 0 Å². The van der Waals surface area contributed by atoms with Crippen molar-refractivity contribution in [1.29, 1.82) is 0 Å². The molecule has 0 radical (unpaired) electrons. The summed E-state index contributed by atoms with van der Waals surface area (Å²) in [5.41, 5.74) is 1.16. The van der Waals surface area contributed by atoms with Crippen LogP contribution in [0.15, 0.2) is 48.5 Å². The maximum Gasteiger partial charge on any atom is 0.358 e. The minimum absolute atomic E-state index is 0.0797. The van der Waals surface area contributed by atoms with Gasteiger partial charge in [-0.1, -0.05) is 47.1 Å². The molecule has 0 aliphatic carbocycles. The van der Waals surface area contributed by atoms with Crippen LogP contribution in [0.3, 0.4) is 0 Å². The molecule has 0 saturated carbocycles. The number of hydrogen-bond acceptors (Lipinski definition) is 3. The highest BCUT2D eigenvalue weighted by molar-refractivity contribution is 6.30. The molecule has 3 rings (SSSR count). The highest BCUT2D eigenvalue weighted by Crippen LogP contribution is 2.27. The number of rotatable bonds is 3. The van der Waals surface area contributed by atoms with Crippen LogP contribution in [0.5, 0.6) is 0 Å². The number of hydrogen-bond donors (Lipinski definition) is 1. The van der Waals surface area contributed by atoms with Gasteiger partial charge in [0.25, 0.3) is 0 Å². The lowest BCUT2D eigenvalue weighted by atomic mass is 10.1. The van der Waals surface area contributed by atoms with Crippen molar-refractivity contribution in [3.8, 4) is 16.9 Å². The van der Waals surface area contributed by atoms with Crippen LogP contribution < -0.4 is 0 Å². The van der Waals surface area contributed by atoms with Crippen LogP contribution in [0.25, 0.3) is 16.9 Å². The average Bonchev–Trinajstić information content (AvgIpc) is 2.96. The lowest BCUT2D eigenvalue weighted by Crippen LogP contribution is -2.03. The molecule has 1 N–H and O–H groups in total.